The molecule has 2 aromatic carbocycles. The number of carbonyl (C=O) groups is 4. The third-order valence-electron chi connectivity index (χ3n) is 6.74. The van der Waals surface area contributed by atoms with Gasteiger partial charge in [-0.1, -0.05) is 62.4 Å². The van der Waals surface area contributed by atoms with Crippen LogP contribution in [0.15, 0.2) is 54.6 Å². The molecule has 0 bridgehead atoms. The van der Waals surface area contributed by atoms with E-state index in [1.807, 2.05) is 48.5 Å². The van der Waals surface area contributed by atoms with E-state index in [9.17, 15) is 19.2 Å². The highest BCUT2D eigenvalue weighted by atomic mass is 16.6. The number of hydrogen-bond acceptors (Lipinski definition) is 8. The van der Waals surface area contributed by atoms with Crippen molar-refractivity contribution in [2.45, 2.75) is 85.9 Å². The van der Waals surface area contributed by atoms with Crippen LogP contribution in [-0.4, -0.2) is 49.3 Å². The van der Waals surface area contributed by atoms with Gasteiger partial charge in [-0.05, 0) is 77.0 Å². The SMILES string of the molecule is CC(C)OC(=O)C(C)C(CC(C)C(=O)OCCCCCCOC(=O)c1ccccc1-c1ccccc1)C(=O)OC(C)C. The minimum Gasteiger partial charge on any atom is -0.465 e. The zero-order chi connectivity index (χ0) is 31.1. The van der Waals surface area contributed by atoms with Crippen molar-refractivity contribution in [1.29, 1.82) is 0 Å². The lowest BCUT2D eigenvalue weighted by atomic mass is 9.85. The largest absolute Gasteiger partial charge is 0.465 e. The molecular weight excluding hydrogens is 536 g/mol. The molecule has 0 amide bonds. The Morgan fingerprint density at radius 1 is 0.619 bits per heavy atom. The summed E-state index contributed by atoms with van der Waals surface area (Å²) in [6.07, 6.45) is 2.46. The molecule has 0 spiro atoms. The molecule has 0 saturated heterocycles. The summed E-state index contributed by atoms with van der Waals surface area (Å²) in [5.41, 5.74) is 2.34. The third-order valence-corrected chi connectivity index (χ3v) is 6.74. The Balaban J connectivity index is 1.72. The van der Waals surface area contributed by atoms with E-state index in [4.69, 9.17) is 18.9 Å². The zero-order valence-electron chi connectivity index (χ0n) is 25.8. The monoisotopic (exact) mass is 582 g/mol. The maximum Gasteiger partial charge on any atom is 0.338 e. The van der Waals surface area contributed by atoms with Gasteiger partial charge in [-0.15, -0.1) is 0 Å². The van der Waals surface area contributed by atoms with Crippen LogP contribution in [0.25, 0.3) is 11.1 Å². The fourth-order valence-corrected chi connectivity index (χ4v) is 4.45. The molecule has 3 atom stereocenters. The van der Waals surface area contributed by atoms with E-state index in [0.717, 1.165) is 24.0 Å². The lowest BCUT2D eigenvalue weighted by Crippen LogP contribution is -2.35. The Labute approximate surface area is 250 Å². The highest BCUT2D eigenvalue weighted by Gasteiger charge is 2.36. The first-order valence-corrected chi connectivity index (χ1v) is 14.9. The molecule has 0 radical (unpaired) electrons. The van der Waals surface area contributed by atoms with Gasteiger partial charge < -0.3 is 18.9 Å². The van der Waals surface area contributed by atoms with Crippen molar-refractivity contribution in [2.24, 2.45) is 17.8 Å². The Morgan fingerprint density at radius 3 is 1.79 bits per heavy atom. The number of hydrogen-bond donors (Lipinski definition) is 0. The summed E-state index contributed by atoms with van der Waals surface area (Å²) in [7, 11) is 0. The summed E-state index contributed by atoms with van der Waals surface area (Å²) in [6, 6.07) is 17.1. The summed E-state index contributed by atoms with van der Waals surface area (Å²) in [6.45, 7) is 10.8. The lowest BCUT2D eigenvalue weighted by Gasteiger charge is -2.25. The van der Waals surface area contributed by atoms with Crippen molar-refractivity contribution in [3.8, 4) is 11.1 Å². The van der Waals surface area contributed by atoms with Gasteiger partial charge in [-0.2, -0.15) is 0 Å². The maximum atomic E-state index is 12.7. The molecule has 0 fully saturated rings. The maximum absolute atomic E-state index is 12.7. The van der Waals surface area contributed by atoms with E-state index in [2.05, 4.69) is 0 Å². The van der Waals surface area contributed by atoms with Gasteiger partial charge in [0.2, 0.25) is 0 Å². The number of ether oxygens (including phenoxy) is 4. The van der Waals surface area contributed by atoms with E-state index in [-0.39, 0.29) is 31.2 Å². The van der Waals surface area contributed by atoms with Crippen molar-refractivity contribution < 1.29 is 38.1 Å². The predicted octanol–water partition coefficient (Wildman–Crippen LogP) is 6.80. The van der Waals surface area contributed by atoms with Crippen LogP contribution < -0.4 is 0 Å². The van der Waals surface area contributed by atoms with E-state index in [0.29, 0.717) is 25.0 Å². The van der Waals surface area contributed by atoms with Crippen molar-refractivity contribution in [1.82, 2.24) is 0 Å². The molecule has 8 heteroatoms. The summed E-state index contributed by atoms with van der Waals surface area (Å²) >= 11 is 0. The summed E-state index contributed by atoms with van der Waals surface area (Å²) in [5.74, 6) is -3.96. The number of esters is 4. The van der Waals surface area contributed by atoms with E-state index < -0.39 is 35.7 Å². The Bertz CT molecular complexity index is 1140. The minimum absolute atomic E-state index is 0.123. The van der Waals surface area contributed by atoms with Gasteiger partial charge in [0.15, 0.2) is 0 Å². The second-order valence-corrected chi connectivity index (χ2v) is 11.1. The third kappa shape index (κ3) is 11.7. The quantitative estimate of drug-likeness (QED) is 0.114. The predicted molar refractivity (Wildman–Crippen MR) is 160 cm³/mol. The molecule has 0 aliphatic rings. The standard InChI is InChI=1S/C34H46O8/c1-23(2)41-32(36)26(6)30(34(38)42-24(3)4)22-25(5)31(35)39-20-14-7-8-15-21-40-33(37)29-19-13-12-18-28(29)27-16-10-9-11-17-27/h9-13,16-19,23-26,30H,7-8,14-15,20-22H2,1-6H3. The van der Waals surface area contributed by atoms with Gasteiger partial charge in [0, 0.05) is 0 Å². The molecule has 0 saturated carbocycles. The van der Waals surface area contributed by atoms with Crippen LogP contribution in [0.2, 0.25) is 0 Å². The highest BCUT2D eigenvalue weighted by molar-refractivity contribution is 5.97. The van der Waals surface area contributed by atoms with Crippen LogP contribution in [0.5, 0.6) is 0 Å². The number of rotatable bonds is 17. The minimum atomic E-state index is -0.816. The van der Waals surface area contributed by atoms with Crippen LogP contribution >= 0.6 is 0 Å². The first kappa shape index (κ1) is 34.5. The summed E-state index contributed by atoms with van der Waals surface area (Å²) in [4.78, 5) is 50.5. The average molecular weight is 583 g/mol. The van der Waals surface area contributed by atoms with Gasteiger partial charge in [-0.3, -0.25) is 14.4 Å². The van der Waals surface area contributed by atoms with Crippen molar-refractivity contribution in [2.75, 3.05) is 13.2 Å². The van der Waals surface area contributed by atoms with Gasteiger partial charge >= 0.3 is 23.9 Å². The second-order valence-electron chi connectivity index (χ2n) is 11.1. The summed E-state index contributed by atoms with van der Waals surface area (Å²) in [5, 5.41) is 0. The molecule has 0 aromatic heterocycles. The molecule has 0 aliphatic heterocycles. The van der Waals surface area contributed by atoms with E-state index in [1.165, 1.54) is 0 Å². The van der Waals surface area contributed by atoms with Crippen LogP contribution in [0.3, 0.4) is 0 Å². The van der Waals surface area contributed by atoms with Crippen LogP contribution in [0.1, 0.15) is 84.0 Å². The first-order valence-electron chi connectivity index (χ1n) is 14.9. The fourth-order valence-electron chi connectivity index (χ4n) is 4.45. The van der Waals surface area contributed by atoms with Crippen molar-refractivity contribution in [3.63, 3.8) is 0 Å². The Kier molecular flexibility index (Phi) is 14.8. The fraction of sp³-hybridized carbons (Fsp3) is 0.529. The topological polar surface area (TPSA) is 105 Å². The van der Waals surface area contributed by atoms with Crippen LogP contribution in [-0.2, 0) is 33.3 Å². The molecule has 230 valence electrons. The molecule has 8 nitrogen and oxygen atoms in total. The Hall–Kier alpha value is -3.68. The molecule has 42 heavy (non-hydrogen) atoms. The van der Waals surface area contributed by atoms with Gasteiger partial charge in [0.05, 0.1) is 48.7 Å². The van der Waals surface area contributed by atoms with Gasteiger partial charge in [0.1, 0.15) is 0 Å². The molecule has 0 heterocycles. The number of carbonyl (C=O) groups excluding carboxylic acids is 4. The van der Waals surface area contributed by atoms with E-state index >= 15 is 0 Å². The Morgan fingerprint density at radius 2 is 1.17 bits per heavy atom. The second kappa shape index (κ2) is 18.0. The molecule has 2 rings (SSSR count). The molecule has 2 aromatic rings. The van der Waals surface area contributed by atoms with Crippen LogP contribution in [0.4, 0.5) is 0 Å². The first-order chi connectivity index (χ1) is 20.0. The van der Waals surface area contributed by atoms with Gasteiger partial charge in [0.25, 0.3) is 0 Å². The van der Waals surface area contributed by atoms with Crippen molar-refractivity contribution in [3.05, 3.63) is 60.2 Å². The molecular formula is C34H46O8. The van der Waals surface area contributed by atoms with Gasteiger partial charge in [-0.25, -0.2) is 4.79 Å². The van der Waals surface area contributed by atoms with E-state index in [1.54, 1.807) is 47.6 Å². The molecule has 3 unspecified atom stereocenters. The summed E-state index contributed by atoms with van der Waals surface area (Å²) < 4.78 is 21.6. The highest BCUT2D eigenvalue weighted by Crippen LogP contribution is 2.26. The lowest BCUT2D eigenvalue weighted by molar-refractivity contribution is -0.166. The zero-order valence-corrected chi connectivity index (χ0v) is 25.8. The van der Waals surface area contributed by atoms with Crippen molar-refractivity contribution >= 4 is 23.9 Å². The normalized spacial score (nSPS) is 13.2. The molecule has 0 N–H and O–H groups in total. The average Bonchev–Trinajstić information content (AvgIpc) is 2.96. The molecule has 0 aliphatic carbocycles. The van der Waals surface area contributed by atoms with Crippen LogP contribution in [0, 0.1) is 17.8 Å². The smallest absolute Gasteiger partial charge is 0.338 e. The number of benzene rings is 2. The number of unbranched alkanes of at least 4 members (excludes halogenated alkanes) is 3.